The van der Waals surface area contributed by atoms with E-state index in [4.69, 9.17) is 9.47 Å². The minimum atomic E-state index is -1.22. The normalized spacial score (nSPS) is 17.3. The van der Waals surface area contributed by atoms with Gasteiger partial charge in [-0.05, 0) is 25.0 Å². The maximum Gasteiger partial charge on any atom is 0.279 e. The topological polar surface area (TPSA) is 92.4 Å². The fraction of sp³-hybridized carbons (Fsp3) is 0.522. The number of hydrogen-bond acceptors (Lipinski definition) is 7. The minimum absolute atomic E-state index is 0.338. The van der Waals surface area contributed by atoms with Crippen LogP contribution in [-0.4, -0.2) is 63.3 Å². The summed E-state index contributed by atoms with van der Waals surface area (Å²) in [6.07, 6.45) is 11.4. The van der Waals surface area contributed by atoms with Crippen LogP contribution in [-0.2, 0) is 17.9 Å². The van der Waals surface area contributed by atoms with Crippen LogP contribution in [0.25, 0.3) is 0 Å². The molecule has 2 aromatic rings. The first-order valence-corrected chi connectivity index (χ1v) is 11.2. The number of aryl methyl sites for hydroxylation is 1. The van der Waals surface area contributed by atoms with E-state index in [0.29, 0.717) is 30.6 Å². The number of aliphatic hydroxyl groups excluding tert-OH is 1. The van der Waals surface area contributed by atoms with Gasteiger partial charge in [0.25, 0.3) is 5.91 Å². The lowest BCUT2D eigenvalue weighted by atomic mass is 10.1. The molecule has 1 saturated heterocycles. The van der Waals surface area contributed by atoms with Gasteiger partial charge in [-0.25, -0.2) is 9.98 Å². The Morgan fingerprint density at radius 1 is 1.16 bits per heavy atom. The Morgan fingerprint density at radius 3 is 2.69 bits per heavy atom. The van der Waals surface area contributed by atoms with E-state index < -0.39 is 6.23 Å². The summed E-state index contributed by atoms with van der Waals surface area (Å²) >= 11 is 0. The van der Waals surface area contributed by atoms with Crippen LogP contribution in [0.15, 0.2) is 35.8 Å². The Labute approximate surface area is 188 Å². The van der Waals surface area contributed by atoms with E-state index in [1.165, 1.54) is 30.6 Å². The average Bonchev–Trinajstić information content (AvgIpc) is 3.40. The van der Waals surface area contributed by atoms with E-state index in [1.807, 2.05) is 30.9 Å². The molecule has 1 N–H and O–H groups in total. The molecule has 1 aromatic carbocycles. The third-order valence-electron chi connectivity index (χ3n) is 5.98. The Kier molecular flexibility index (Phi) is 6.94. The van der Waals surface area contributed by atoms with Crippen LogP contribution in [0.2, 0.25) is 0 Å². The molecule has 3 heterocycles. The Bertz CT molecular complexity index is 960. The molecular weight excluding hydrogens is 410 g/mol. The van der Waals surface area contributed by atoms with Gasteiger partial charge in [0.05, 0.1) is 32.3 Å². The van der Waals surface area contributed by atoms with Crippen LogP contribution in [0.4, 0.5) is 5.69 Å². The third kappa shape index (κ3) is 4.57. The molecule has 1 fully saturated rings. The average molecular weight is 442 g/mol. The van der Waals surface area contributed by atoms with E-state index in [0.717, 1.165) is 30.6 Å². The number of aromatic nitrogens is 2. The van der Waals surface area contributed by atoms with Crippen molar-refractivity contribution in [3.8, 4) is 11.5 Å². The number of hydrogen-bond donors (Lipinski definition) is 1. The standard InChI is InChI=1S/C23H31N5O4/c1-26-21(29)22(30)28-15-17-18(25-23(26)28)9-10-19(20(17)31-2)32-14-8-6-4-3-5-7-12-27-13-11-24-16-27/h9-11,13,16,22,30H,3-8,12,14-15H2,1-2H3. The van der Waals surface area contributed by atoms with Gasteiger partial charge >= 0.3 is 0 Å². The van der Waals surface area contributed by atoms with Gasteiger partial charge in [-0.3, -0.25) is 9.69 Å². The Balaban J connectivity index is 1.24. The fourth-order valence-corrected chi connectivity index (χ4v) is 4.18. The van der Waals surface area contributed by atoms with Gasteiger partial charge in [0.2, 0.25) is 12.2 Å². The number of guanidine groups is 1. The molecule has 0 bridgehead atoms. The first-order chi connectivity index (χ1) is 15.6. The SMILES string of the molecule is COc1c(OCCCCCCCCn2ccnc2)ccc2c1CN1C(=N2)N(C)C(=O)C1O. The van der Waals surface area contributed by atoms with E-state index in [9.17, 15) is 9.90 Å². The summed E-state index contributed by atoms with van der Waals surface area (Å²) < 4.78 is 13.8. The maximum absolute atomic E-state index is 12.1. The summed E-state index contributed by atoms with van der Waals surface area (Å²) in [7, 11) is 3.22. The molecule has 0 saturated carbocycles. The summed E-state index contributed by atoms with van der Waals surface area (Å²) in [5.41, 5.74) is 1.54. The summed E-state index contributed by atoms with van der Waals surface area (Å²) in [6, 6.07) is 3.74. The number of benzene rings is 1. The van der Waals surface area contributed by atoms with Crippen LogP contribution in [0.1, 0.15) is 44.1 Å². The largest absolute Gasteiger partial charge is 0.492 e. The highest BCUT2D eigenvalue weighted by atomic mass is 16.5. The van der Waals surface area contributed by atoms with Gasteiger partial charge in [-0.2, -0.15) is 0 Å². The molecule has 0 spiro atoms. The molecule has 2 aliphatic rings. The molecule has 4 rings (SSSR count). The number of unbranched alkanes of at least 4 members (excludes halogenated alkanes) is 5. The summed E-state index contributed by atoms with van der Waals surface area (Å²) in [5, 5.41) is 10.2. The number of nitrogens with zero attached hydrogens (tertiary/aromatic N) is 5. The van der Waals surface area contributed by atoms with Crippen LogP contribution in [0.5, 0.6) is 11.5 Å². The molecule has 1 atom stereocenters. The number of likely N-dealkylation sites (N-methyl/N-ethyl adjacent to an activating group) is 1. The molecular formula is C23H31N5O4. The van der Waals surface area contributed by atoms with Crippen molar-refractivity contribution in [1.82, 2.24) is 19.4 Å². The van der Waals surface area contributed by atoms with E-state index >= 15 is 0 Å². The molecule has 1 aromatic heterocycles. The zero-order valence-corrected chi connectivity index (χ0v) is 18.7. The molecule has 32 heavy (non-hydrogen) atoms. The number of fused-ring (bicyclic) bond motifs is 2. The van der Waals surface area contributed by atoms with Gasteiger partial charge in [0, 0.05) is 31.5 Å². The van der Waals surface area contributed by atoms with Crippen molar-refractivity contribution in [3.05, 3.63) is 36.4 Å². The number of imidazole rings is 1. The van der Waals surface area contributed by atoms with Crippen molar-refractivity contribution in [1.29, 1.82) is 0 Å². The number of aliphatic hydroxyl groups is 1. The van der Waals surface area contributed by atoms with Crippen LogP contribution < -0.4 is 9.47 Å². The van der Waals surface area contributed by atoms with Gasteiger partial charge < -0.3 is 24.0 Å². The number of carbonyl (C=O) groups is 1. The lowest BCUT2D eigenvalue weighted by molar-refractivity contribution is -0.136. The van der Waals surface area contributed by atoms with Gasteiger partial charge in [0.1, 0.15) is 0 Å². The summed E-state index contributed by atoms with van der Waals surface area (Å²) in [6.45, 7) is 1.99. The number of methoxy groups -OCH3 is 1. The first-order valence-electron chi connectivity index (χ1n) is 11.2. The molecule has 9 heteroatoms. The van der Waals surface area contributed by atoms with Gasteiger partial charge in [-0.15, -0.1) is 0 Å². The zero-order valence-electron chi connectivity index (χ0n) is 18.7. The lowest BCUT2D eigenvalue weighted by Crippen LogP contribution is -2.37. The molecule has 1 unspecified atom stereocenters. The minimum Gasteiger partial charge on any atom is -0.492 e. The van der Waals surface area contributed by atoms with Crippen molar-refractivity contribution in [3.63, 3.8) is 0 Å². The molecule has 9 nitrogen and oxygen atoms in total. The highest BCUT2D eigenvalue weighted by Gasteiger charge is 2.43. The molecule has 0 aliphatic carbocycles. The lowest BCUT2D eigenvalue weighted by Gasteiger charge is -2.28. The van der Waals surface area contributed by atoms with Crippen LogP contribution in [0.3, 0.4) is 0 Å². The van der Waals surface area contributed by atoms with E-state index in [-0.39, 0.29) is 5.91 Å². The first kappa shape index (κ1) is 22.1. The van der Waals surface area contributed by atoms with Crippen molar-refractivity contribution in [2.45, 2.75) is 57.8 Å². The second-order valence-electron chi connectivity index (χ2n) is 8.18. The third-order valence-corrected chi connectivity index (χ3v) is 5.98. The Hall–Kier alpha value is -3.07. The number of carbonyl (C=O) groups excluding carboxylic acids is 1. The molecule has 1 amide bonds. The molecule has 172 valence electrons. The van der Waals surface area contributed by atoms with Crippen molar-refractivity contribution in [2.24, 2.45) is 4.99 Å². The van der Waals surface area contributed by atoms with Crippen LogP contribution >= 0.6 is 0 Å². The highest BCUT2D eigenvalue weighted by molar-refractivity contribution is 6.06. The molecule has 0 radical (unpaired) electrons. The number of ether oxygens (including phenoxy) is 2. The van der Waals surface area contributed by atoms with E-state index in [1.54, 1.807) is 19.1 Å². The predicted octanol–water partition coefficient (Wildman–Crippen LogP) is 2.90. The van der Waals surface area contributed by atoms with Crippen LogP contribution in [0, 0.1) is 0 Å². The van der Waals surface area contributed by atoms with E-state index in [2.05, 4.69) is 14.5 Å². The van der Waals surface area contributed by atoms with Crippen molar-refractivity contribution < 1.29 is 19.4 Å². The number of amides is 1. The number of aliphatic imine (C=N–C) groups is 1. The zero-order chi connectivity index (χ0) is 22.5. The number of rotatable bonds is 11. The Morgan fingerprint density at radius 2 is 1.94 bits per heavy atom. The highest BCUT2D eigenvalue weighted by Crippen LogP contribution is 2.42. The van der Waals surface area contributed by atoms with Crippen molar-refractivity contribution >= 4 is 17.6 Å². The van der Waals surface area contributed by atoms with Gasteiger partial charge in [0.15, 0.2) is 11.5 Å². The maximum atomic E-state index is 12.1. The fourth-order valence-electron chi connectivity index (χ4n) is 4.18. The quantitative estimate of drug-likeness (QED) is 0.539. The summed E-state index contributed by atoms with van der Waals surface area (Å²) in [4.78, 5) is 23.6. The van der Waals surface area contributed by atoms with Gasteiger partial charge in [-0.1, -0.05) is 25.7 Å². The van der Waals surface area contributed by atoms with Crippen molar-refractivity contribution in [2.75, 3.05) is 20.8 Å². The summed E-state index contributed by atoms with van der Waals surface area (Å²) in [5.74, 6) is 1.35. The second kappa shape index (κ2) is 10.0. The molecule has 2 aliphatic heterocycles. The second-order valence-corrected chi connectivity index (χ2v) is 8.18. The smallest absolute Gasteiger partial charge is 0.279 e. The monoisotopic (exact) mass is 441 g/mol. The predicted molar refractivity (Wildman–Crippen MR) is 120 cm³/mol.